The first-order chi connectivity index (χ1) is 9.38. The molecule has 0 amide bonds. The molecule has 104 valence electrons. The first-order valence-electron chi connectivity index (χ1n) is 5.41. The molecule has 0 bridgehead atoms. The number of nitrogens with zero attached hydrogens (tertiary/aromatic N) is 1. The maximum atomic E-state index is 12.7. The van der Waals surface area contributed by atoms with Gasteiger partial charge in [0.05, 0.1) is 5.56 Å². The van der Waals surface area contributed by atoms with Gasteiger partial charge in [-0.2, -0.15) is 13.2 Å². The molecule has 0 unspecified atom stereocenters. The van der Waals surface area contributed by atoms with E-state index in [0.717, 1.165) is 12.1 Å². The highest BCUT2D eigenvalue weighted by Gasteiger charge is 2.35. The Morgan fingerprint density at radius 3 is 2.35 bits per heavy atom. The van der Waals surface area contributed by atoms with Crippen LogP contribution in [-0.2, 0) is 6.18 Å². The van der Waals surface area contributed by atoms with Gasteiger partial charge in [0.25, 0.3) is 0 Å². The smallest absolute Gasteiger partial charge is 0.421 e. The zero-order valence-electron chi connectivity index (χ0n) is 9.89. The van der Waals surface area contributed by atoms with Crippen molar-refractivity contribution in [3.05, 3.63) is 53.7 Å². The predicted molar refractivity (Wildman–Crippen MR) is 62.7 cm³/mol. The number of carboxylic acids is 1. The third kappa shape index (κ3) is 3.05. The van der Waals surface area contributed by atoms with Gasteiger partial charge in [-0.1, -0.05) is 0 Å². The van der Waals surface area contributed by atoms with Crippen molar-refractivity contribution in [1.82, 2.24) is 4.98 Å². The first kappa shape index (κ1) is 13.9. The van der Waals surface area contributed by atoms with Crippen LogP contribution in [0.5, 0.6) is 11.6 Å². The summed E-state index contributed by atoms with van der Waals surface area (Å²) in [5.74, 6) is -1.65. The highest BCUT2D eigenvalue weighted by molar-refractivity contribution is 5.87. The molecule has 1 N–H and O–H groups in total. The molecule has 0 aliphatic heterocycles. The van der Waals surface area contributed by atoms with Crippen LogP contribution in [0.25, 0.3) is 0 Å². The number of aromatic nitrogens is 1. The van der Waals surface area contributed by atoms with Gasteiger partial charge in [0.15, 0.2) is 0 Å². The lowest BCUT2D eigenvalue weighted by molar-refractivity contribution is -0.138. The molecule has 0 spiro atoms. The highest BCUT2D eigenvalue weighted by atomic mass is 19.4. The van der Waals surface area contributed by atoms with Gasteiger partial charge in [-0.25, -0.2) is 9.78 Å². The van der Waals surface area contributed by atoms with Gasteiger partial charge in [0, 0.05) is 6.20 Å². The fourth-order valence-corrected chi connectivity index (χ4v) is 1.47. The number of aromatic carboxylic acids is 1. The van der Waals surface area contributed by atoms with E-state index in [0.29, 0.717) is 0 Å². The lowest BCUT2D eigenvalue weighted by Crippen LogP contribution is -2.08. The van der Waals surface area contributed by atoms with Gasteiger partial charge < -0.3 is 9.84 Å². The molecule has 1 aromatic carbocycles. The number of benzene rings is 1. The van der Waals surface area contributed by atoms with Crippen LogP contribution in [0.4, 0.5) is 13.2 Å². The topological polar surface area (TPSA) is 59.4 Å². The number of hydrogen-bond donors (Lipinski definition) is 1. The Bertz CT molecular complexity index is 624. The summed E-state index contributed by atoms with van der Waals surface area (Å²) >= 11 is 0. The molecule has 1 aromatic heterocycles. The summed E-state index contributed by atoms with van der Waals surface area (Å²) in [7, 11) is 0. The molecule has 20 heavy (non-hydrogen) atoms. The van der Waals surface area contributed by atoms with Crippen molar-refractivity contribution in [2.24, 2.45) is 0 Å². The summed E-state index contributed by atoms with van der Waals surface area (Å²) in [6.07, 6.45) is -3.40. The zero-order chi connectivity index (χ0) is 14.8. The van der Waals surface area contributed by atoms with Crippen molar-refractivity contribution in [3.8, 4) is 11.6 Å². The first-order valence-corrected chi connectivity index (χ1v) is 5.41. The normalized spacial score (nSPS) is 11.2. The molecule has 0 fully saturated rings. The summed E-state index contributed by atoms with van der Waals surface area (Å²) in [4.78, 5) is 14.2. The monoisotopic (exact) mass is 283 g/mol. The number of hydrogen-bond acceptors (Lipinski definition) is 3. The van der Waals surface area contributed by atoms with Crippen molar-refractivity contribution < 1.29 is 27.8 Å². The molecule has 0 aliphatic carbocycles. The molecule has 0 aliphatic rings. The van der Waals surface area contributed by atoms with Crippen LogP contribution >= 0.6 is 0 Å². The molecular weight excluding hydrogens is 275 g/mol. The van der Waals surface area contributed by atoms with Crippen LogP contribution in [0.1, 0.15) is 15.9 Å². The third-order valence-electron chi connectivity index (χ3n) is 2.39. The van der Waals surface area contributed by atoms with Gasteiger partial charge in [0.1, 0.15) is 11.3 Å². The minimum atomic E-state index is -4.58. The summed E-state index contributed by atoms with van der Waals surface area (Å²) < 4.78 is 43.2. The van der Waals surface area contributed by atoms with Crippen LogP contribution in [0, 0.1) is 0 Å². The minimum absolute atomic E-state index is 0.00872. The Kier molecular flexibility index (Phi) is 3.60. The van der Waals surface area contributed by atoms with E-state index in [1.807, 2.05) is 0 Å². The Hall–Kier alpha value is -2.57. The number of alkyl halides is 3. The Morgan fingerprint density at radius 2 is 1.80 bits per heavy atom. The van der Waals surface area contributed by atoms with E-state index in [-0.39, 0.29) is 11.3 Å². The summed E-state index contributed by atoms with van der Waals surface area (Å²) in [5, 5.41) is 8.71. The van der Waals surface area contributed by atoms with Crippen molar-refractivity contribution in [3.63, 3.8) is 0 Å². The molecule has 0 saturated heterocycles. The second-order valence-corrected chi connectivity index (χ2v) is 3.79. The van der Waals surface area contributed by atoms with E-state index in [2.05, 4.69) is 4.98 Å². The fraction of sp³-hybridized carbons (Fsp3) is 0.0769. The summed E-state index contributed by atoms with van der Waals surface area (Å²) in [6.45, 7) is 0. The lowest BCUT2D eigenvalue weighted by Gasteiger charge is -2.12. The molecule has 0 atom stereocenters. The van der Waals surface area contributed by atoms with Crippen molar-refractivity contribution in [2.45, 2.75) is 6.18 Å². The minimum Gasteiger partial charge on any atom is -0.478 e. The number of ether oxygens (including phenoxy) is 1. The van der Waals surface area contributed by atoms with Gasteiger partial charge in [-0.05, 0) is 36.4 Å². The van der Waals surface area contributed by atoms with Gasteiger partial charge in [0.2, 0.25) is 5.88 Å². The van der Waals surface area contributed by atoms with E-state index in [1.165, 1.54) is 30.5 Å². The maximum Gasteiger partial charge on any atom is 0.421 e. The van der Waals surface area contributed by atoms with E-state index >= 15 is 0 Å². The average Bonchev–Trinajstić information content (AvgIpc) is 2.38. The maximum absolute atomic E-state index is 12.7. The van der Waals surface area contributed by atoms with Crippen LogP contribution in [0.3, 0.4) is 0 Å². The molecule has 0 radical (unpaired) electrons. The van der Waals surface area contributed by atoms with Crippen LogP contribution in [-0.4, -0.2) is 16.1 Å². The molecule has 2 aromatic rings. The molecule has 2 rings (SSSR count). The van der Waals surface area contributed by atoms with E-state index in [9.17, 15) is 18.0 Å². The van der Waals surface area contributed by atoms with Crippen molar-refractivity contribution in [1.29, 1.82) is 0 Å². The zero-order valence-corrected chi connectivity index (χ0v) is 9.89. The Balaban J connectivity index is 2.28. The van der Waals surface area contributed by atoms with Gasteiger partial charge in [-0.3, -0.25) is 0 Å². The number of carboxylic acid groups (broad SMARTS) is 1. The molecule has 1 heterocycles. The van der Waals surface area contributed by atoms with Crippen molar-refractivity contribution in [2.75, 3.05) is 0 Å². The SMILES string of the molecule is O=C(O)c1ccc(Oc2ncccc2C(F)(F)F)cc1. The van der Waals surface area contributed by atoms with Gasteiger partial charge >= 0.3 is 12.1 Å². The predicted octanol–water partition coefficient (Wildman–Crippen LogP) is 3.59. The van der Waals surface area contributed by atoms with Crippen molar-refractivity contribution >= 4 is 5.97 Å². The van der Waals surface area contributed by atoms with Crippen LogP contribution in [0.15, 0.2) is 42.6 Å². The number of carbonyl (C=O) groups is 1. The standard InChI is InChI=1S/C13H8F3NO3/c14-13(15,16)10-2-1-7-17-11(10)20-9-5-3-8(4-6-9)12(18)19/h1-7H,(H,18,19). The molecule has 7 heteroatoms. The fourth-order valence-electron chi connectivity index (χ4n) is 1.47. The third-order valence-corrected chi connectivity index (χ3v) is 2.39. The van der Waals surface area contributed by atoms with E-state index in [1.54, 1.807) is 0 Å². The molecular formula is C13H8F3NO3. The molecule has 0 saturated carbocycles. The van der Waals surface area contributed by atoms with E-state index < -0.39 is 23.6 Å². The number of rotatable bonds is 3. The number of halogens is 3. The second kappa shape index (κ2) is 5.20. The number of pyridine rings is 1. The Labute approximate surface area is 111 Å². The van der Waals surface area contributed by atoms with Crippen LogP contribution < -0.4 is 4.74 Å². The molecule has 4 nitrogen and oxygen atoms in total. The van der Waals surface area contributed by atoms with Crippen LogP contribution in [0.2, 0.25) is 0 Å². The second-order valence-electron chi connectivity index (χ2n) is 3.79. The summed E-state index contributed by atoms with van der Waals surface area (Å²) in [6, 6.07) is 7.00. The lowest BCUT2D eigenvalue weighted by atomic mass is 10.2. The largest absolute Gasteiger partial charge is 0.478 e. The summed E-state index contributed by atoms with van der Waals surface area (Å²) in [5.41, 5.74) is -0.989. The average molecular weight is 283 g/mol. The van der Waals surface area contributed by atoms with E-state index in [4.69, 9.17) is 9.84 Å². The highest BCUT2D eigenvalue weighted by Crippen LogP contribution is 2.36. The quantitative estimate of drug-likeness (QED) is 0.935. The Morgan fingerprint density at radius 1 is 1.15 bits per heavy atom. The van der Waals surface area contributed by atoms with Gasteiger partial charge in [-0.15, -0.1) is 0 Å².